The smallest absolute Gasteiger partial charge is 0.243 e. The fourth-order valence-electron chi connectivity index (χ4n) is 3.40. The third kappa shape index (κ3) is 5.52. The van der Waals surface area contributed by atoms with E-state index in [2.05, 4.69) is 10.9 Å². The Morgan fingerprint density at radius 2 is 1.69 bits per heavy atom. The number of hydrazine groups is 1. The van der Waals surface area contributed by atoms with Crippen molar-refractivity contribution in [2.45, 2.75) is 13.0 Å². The summed E-state index contributed by atoms with van der Waals surface area (Å²) in [6.07, 6.45) is 0.153. The maximum absolute atomic E-state index is 12.6. The SMILES string of the molecule is O=C(NNc1cccc(OCc2ccc(Cl)cc2)c1)[C@@H]1CC(=O)N(c2ccc(Cl)cc2)C1. The highest BCUT2D eigenvalue weighted by atomic mass is 35.5. The van der Waals surface area contributed by atoms with Crippen molar-refractivity contribution in [3.63, 3.8) is 0 Å². The van der Waals surface area contributed by atoms with E-state index in [0.717, 1.165) is 11.3 Å². The van der Waals surface area contributed by atoms with Gasteiger partial charge in [0.2, 0.25) is 11.8 Å². The summed E-state index contributed by atoms with van der Waals surface area (Å²) in [5.41, 5.74) is 7.99. The van der Waals surface area contributed by atoms with Gasteiger partial charge in [-0.25, -0.2) is 0 Å². The average molecular weight is 470 g/mol. The Morgan fingerprint density at radius 3 is 2.41 bits per heavy atom. The number of carbonyl (C=O) groups excluding carboxylic acids is 2. The minimum absolute atomic E-state index is 0.0925. The van der Waals surface area contributed by atoms with Gasteiger partial charge in [0, 0.05) is 34.8 Å². The van der Waals surface area contributed by atoms with E-state index >= 15 is 0 Å². The zero-order valence-corrected chi connectivity index (χ0v) is 18.6. The fourth-order valence-corrected chi connectivity index (χ4v) is 3.65. The number of anilines is 2. The molecule has 8 heteroatoms. The van der Waals surface area contributed by atoms with E-state index in [1.807, 2.05) is 42.5 Å². The van der Waals surface area contributed by atoms with Gasteiger partial charge < -0.3 is 9.64 Å². The number of carbonyl (C=O) groups is 2. The Balaban J connectivity index is 1.30. The fraction of sp³-hybridized carbons (Fsp3) is 0.167. The molecular weight excluding hydrogens is 449 g/mol. The molecule has 1 aliphatic rings. The molecule has 0 aromatic heterocycles. The summed E-state index contributed by atoms with van der Waals surface area (Å²) in [7, 11) is 0. The molecule has 1 aliphatic heterocycles. The lowest BCUT2D eigenvalue weighted by molar-refractivity contribution is -0.125. The summed E-state index contributed by atoms with van der Waals surface area (Å²) in [6, 6.07) is 21.7. The Hall–Kier alpha value is -3.22. The van der Waals surface area contributed by atoms with Crippen LogP contribution < -0.4 is 20.5 Å². The molecule has 0 bridgehead atoms. The molecule has 2 amide bonds. The number of hydrogen-bond donors (Lipinski definition) is 2. The number of halogens is 2. The first kappa shape index (κ1) is 22.0. The normalized spacial score (nSPS) is 15.5. The number of amides is 2. The van der Waals surface area contributed by atoms with Crippen LogP contribution in [-0.2, 0) is 16.2 Å². The molecule has 0 unspecified atom stereocenters. The molecule has 1 heterocycles. The summed E-state index contributed by atoms with van der Waals surface area (Å²) in [4.78, 5) is 26.6. The Morgan fingerprint density at radius 1 is 1.00 bits per heavy atom. The van der Waals surface area contributed by atoms with Crippen LogP contribution in [0.2, 0.25) is 10.0 Å². The van der Waals surface area contributed by atoms with Crippen molar-refractivity contribution in [2.24, 2.45) is 5.92 Å². The minimum Gasteiger partial charge on any atom is -0.489 e. The topological polar surface area (TPSA) is 70.7 Å². The predicted octanol–water partition coefficient (Wildman–Crippen LogP) is 5.07. The lowest BCUT2D eigenvalue weighted by Crippen LogP contribution is -2.36. The van der Waals surface area contributed by atoms with Crippen LogP contribution in [0.4, 0.5) is 11.4 Å². The first-order valence-corrected chi connectivity index (χ1v) is 10.8. The van der Waals surface area contributed by atoms with Crippen LogP contribution in [0.5, 0.6) is 5.75 Å². The molecule has 0 spiro atoms. The highest BCUT2D eigenvalue weighted by Crippen LogP contribution is 2.26. The van der Waals surface area contributed by atoms with Gasteiger partial charge in [0.15, 0.2) is 0 Å². The van der Waals surface area contributed by atoms with E-state index < -0.39 is 5.92 Å². The van der Waals surface area contributed by atoms with E-state index in [1.54, 1.807) is 35.2 Å². The van der Waals surface area contributed by atoms with Crippen molar-refractivity contribution in [2.75, 3.05) is 16.9 Å². The Kier molecular flexibility index (Phi) is 6.83. The Bertz CT molecular complexity index is 1100. The van der Waals surface area contributed by atoms with E-state index in [4.69, 9.17) is 27.9 Å². The summed E-state index contributed by atoms with van der Waals surface area (Å²) < 4.78 is 5.81. The predicted molar refractivity (Wildman–Crippen MR) is 126 cm³/mol. The van der Waals surface area contributed by atoms with Crippen molar-refractivity contribution in [3.05, 3.63) is 88.4 Å². The third-order valence-corrected chi connectivity index (χ3v) is 5.62. The molecule has 6 nitrogen and oxygen atoms in total. The van der Waals surface area contributed by atoms with E-state index in [1.165, 1.54) is 0 Å². The van der Waals surface area contributed by atoms with Crippen LogP contribution in [0, 0.1) is 5.92 Å². The van der Waals surface area contributed by atoms with Crippen LogP contribution in [0.25, 0.3) is 0 Å². The number of rotatable bonds is 7. The summed E-state index contributed by atoms with van der Waals surface area (Å²) in [5, 5.41) is 1.27. The van der Waals surface area contributed by atoms with Crippen molar-refractivity contribution >= 4 is 46.4 Å². The first-order valence-electron chi connectivity index (χ1n) is 10.1. The second-order valence-electron chi connectivity index (χ2n) is 7.44. The minimum atomic E-state index is -0.449. The molecular formula is C24H21Cl2N3O3. The molecule has 1 atom stereocenters. The highest BCUT2D eigenvalue weighted by Gasteiger charge is 2.35. The lowest BCUT2D eigenvalue weighted by Gasteiger charge is -2.17. The zero-order chi connectivity index (χ0) is 22.5. The molecule has 1 fully saturated rings. The van der Waals surface area contributed by atoms with Gasteiger partial charge in [-0.2, -0.15) is 0 Å². The molecule has 0 radical (unpaired) electrons. The number of hydrogen-bond acceptors (Lipinski definition) is 4. The quantitative estimate of drug-likeness (QED) is 0.474. The number of nitrogens with zero attached hydrogens (tertiary/aromatic N) is 1. The molecule has 4 rings (SSSR count). The number of ether oxygens (including phenoxy) is 1. The van der Waals surface area contributed by atoms with E-state index in [-0.39, 0.29) is 18.2 Å². The van der Waals surface area contributed by atoms with Gasteiger partial charge in [-0.05, 0) is 54.1 Å². The highest BCUT2D eigenvalue weighted by molar-refractivity contribution is 6.30. The lowest BCUT2D eigenvalue weighted by atomic mass is 10.1. The number of nitrogens with one attached hydrogen (secondary N) is 2. The summed E-state index contributed by atoms with van der Waals surface area (Å²) >= 11 is 11.8. The first-order chi connectivity index (χ1) is 15.5. The van der Waals surface area contributed by atoms with E-state index in [0.29, 0.717) is 34.6 Å². The van der Waals surface area contributed by atoms with Gasteiger partial charge in [0.05, 0.1) is 11.6 Å². The van der Waals surface area contributed by atoms with Crippen molar-refractivity contribution in [1.82, 2.24) is 5.43 Å². The van der Waals surface area contributed by atoms with E-state index in [9.17, 15) is 9.59 Å². The van der Waals surface area contributed by atoms with Gasteiger partial charge in [0.25, 0.3) is 0 Å². The van der Waals surface area contributed by atoms with Crippen LogP contribution >= 0.6 is 23.2 Å². The Labute approximate surface area is 196 Å². The maximum atomic E-state index is 12.6. The van der Waals surface area contributed by atoms with Crippen molar-refractivity contribution in [3.8, 4) is 5.75 Å². The van der Waals surface area contributed by atoms with Crippen LogP contribution in [0.3, 0.4) is 0 Å². The van der Waals surface area contributed by atoms with Gasteiger partial charge in [-0.1, -0.05) is 41.4 Å². The third-order valence-electron chi connectivity index (χ3n) is 5.12. The number of benzene rings is 3. The second kappa shape index (κ2) is 9.94. The van der Waals surface area contributed by atoms with Crippen LogP contribution in [0.1, 0.15) is 12.0 Å². The van der Waals surface area contributed by atoms with Gasteiger partial charge in [0.1, 0.15) is 12.4 Å². The van der Waals surface area contributed by atoms with Crippen molar-refractivity contribution < 1.29 is 14.3 Å². The second-order valence-corrected chi connectivity index (χ2v) is 8.31. The summed E-state index contributed by atoms with van der Waals surface area (Å²) in [6.45, 7) is 0.718. The molecule has 3 aromatic carbocycles. The van der Waals surface area contributed by atoms with Gasteiger partial charge in [-0.3, -0.25) is 20.4 Å². The molecule has 164 valence electrons. The largest absolute Gasteiger partial charge is 0.489 e. The monoisotopic (exact) mass is 469 g/mol. The summed E-state index contributed by atoms with van der Waals surface area (Å²) in [5.74, 6) is -0.133. The van der Waals surface area contributed by atoms with Crippen LogP contribution in [0.15, 0.2) is 72.8 Å². The van der Waals surface area contributed by atoms with Crippen LogP contribution in [-0.4, -0.2) is 18.4 Å². The molecule has 0 aliphatic carbocycles. The molecule has 2 N–H and O–H groups in total. The standard InChI is InChI=1S/C24H21Cl2N3O3/c25-18-6-4-16(5-7-18)15-32-22-3-1-2-20(13-22)27-28-24(31)17-12-23(30)29(14-17)21-10-8-19(26)9-11-21/h1-11,13,17,27H,12,14-15H2,(H,28,31)/t17-/m1/s1. The molecule has 0 saturated carbocycles. The van der Waals surface area contributed by atoms with Crippen molar-refractivity contribution in [1.29, 1.82) is 0 Å². The zero-order valence-electron chi connectivity index (χ0n) is 17.1. The molecule has 32 heavy (non-hydrogen) atoms. The molecule has 1 saturated heterocycles. The molecule has 3 aromatic rings. The van der Waals surface area contributed by atoms with Gasteiger partial charge in [-0.15, -0.1) is 0 Å². The maximum Gasteiger partial charge on any atom is 0.243 e. The van der Waals surface area contributed by atoms with Gasteiger partial charge >= 0.3 is 0 Å². The average Bonchev–Trinajstić information content (AvgIpc) is 3.19.